The fraction of sp³-hybridized carbons (Fsp3) is 0. The first-order valence-electron chi connectivity index (χ1n) is 6.14. The zero-order valence-corrected chi connectivity index (χ0v) is 11.7. The number of sulfonamides is 1. The van der Waals surface area contributed by atoms with Crippen LogP contribution in [-0.4, -0.2) is 18.4 Å². The molecule has 7 heteroatoms. The van der Waals surface area contributed by atoms with E-state index in [4.69, 9.17) is 5.73 Å². The van der Waals surface area contributed by atoms with Gasteiger partial charge in [-0.25, -0.2) is 13.4 Å². The number of nitrogens with zero attached hydrogens (tertiary/aromatic N) is 2. The second kappa shape index (κ2) is 5.02. The first-order valence-corrected chi connectivity index (χ1v) is 7.62. The predicted octanol–water partition coefficient (Wildman–Crippen LogP) is 2.01. The molecule has 0 fully saturated rings. The van der Waals surface area contributed by atoms with Gasteiger partial charge in [0.1, 0.15) is 10.7 Å². The number of anilines is 2. The van der Waals surface area contributed by atoms with Crippen LogP contribution in [0.4, 0.5) is 11.5 Å². The van der Waals surface area contributed by atoms with Gasteiger partial charge in [-0.3, -0.25) is 9.71 Å². The Bertz CT molecular complexity index is 892. The van der Waals surface area contributed by atoms with Gasteiger partial charge in [0.15, 0.2) is 0 Å². The third-order valence-corrected chi connectivity index (χ3v) is 4.29. The van der Waals surface area contributed by atoms with E-state index in [2.05, 4.69) is 14.7 Å². The van der Waals surface area contributed by atoms with Crippen LogP contribution in [0.25, 0.3) is 10.9 Å². The Morgan fingerprint density at radius 1 is 1.05 bits per heavy atom. The monoisotopic (exact) mass is 300 g/mol. The standard InChI is InChI=1S/C14H12N4O2S/c15-14-6-4-12(9-17-14)21(19,20)18-11-3-5-13-10(8-11)2-1-7-16-13/h1-9,18H,(H2,15,17). The van der Waals surface area contributed by atoms with Gasteiger partial charge in [-0.15, -0.1) is 0 Å². The molecule has 6 nitrogen and oxygen atoms in total. The molecule has 3 rings (SSSR count). The minimum atomic E-state index is -3.69. The molecular weight excluding hydrogens is 288 g/mol. The minimum Gasteiger partial charge on any atom is -0.384 e. The van der Waals surface area contributed by atoms with Crippen LogP contribution < -0.4 is 10.5 Å². The van der Waals surface area contributed by atoms with E-state index in [0.717, 1.165) is 10.9 Å². The second-order valence-corrected chi connectivity index (χ2v) is 6.12. The molecule has 0 aliphatic rings. The van der Waals surface area contributed by atoms with Crippen LogP contribution in [0.3, 0.4) is 0 Å². The molecule has 0 radical (unpaired) electrons. The number of hydrogen-bond donors (Lipinski definition) is 2. The summed E-state index contributed by atoms with van der Waals surface area (Å²) in [5.74, 6) is 0.269. The van der Waals surface area contributed by atoms with Crippen LogP contribution in [0.5, 0.6) is 0 Å². The lowest BCUT2D eigenvalue weighted by Crippen LogP contribution is -2.13. The number of nitrogen functional groups attached to an aromatic ring is 1. The van der Waals surface area contributed by atoms with E-state index < -0.39 is 10.0 Å². The number of aromatic nitrogens is 2. The summed E-state index contributed by atoms with van der Waals surface area (Å²) in [6.07, 6.45) is 2.91. The van der Waals surface area contributed by atoms with E-state index in [1.807, 2.05) is 6.07 Å². The molecule has 3 aromatic rings. The lowest BCUT2D eigenvalue weighted by atomic mass is 10.2. The molecule has 1 aromatic carbocycles. The van der Waals surface area contributed by atoms with Crippen molar-refractivity contribution in [2.75, 3.05) is 10.5 Å². The van der Waals surface area contributed by atoms with Crippen LogP contribution >= 0.6 is 0 Å². The Balaban J connectivity index is 1.95. The van der Waals surface area contributed by atoms with Gasteiger partial charge in [-0.2, -0.15) is 0 Å². The smallest absolute Gasteiger partial charge is 0.263 e. The fourth-order valence-corrected chi connectivity index (χ4v) is 2.90. The zero-order chi connectivity index (χ0) is 14.9. The van der Waals surface area contributed by atoms with Gasteiger partial charge in [0, 0.05) is 23.5 Å². The Morgan fingerprint density at radius 2 is 1.90 bits per heavy atom. The average molecular weight is 300 g/mol. The first kappa shape index (κ1) is 13.3. The molecule has 0 aliphatic carbocycles. The van der Waals surface area contributed by atoms with Crippen molar-refractivity contribution in [3.63, 3.8) is 0 Å². The summed E-state index contributed by atoms with van der Waals surface area (Å²) in [5, 5.41) is 0.855. The summed E-state index contributed by atoms with van der Waals surface area (Å²) in [5.41, 5.74) is 6.72. The van der Waals surface area contributed by atoms with Crippen molar-refractivity contribution in [1.82, 2.24) is 9.97 Å². The van der Waals surface area contributed by atoms with Gasteiger partial charge in [0.05, 0.1) is 5.52 Å². The maximum atomic E-state index is 12.2. The molecule has 106 valence electrons. The maximum Gasteiger partial charge on any atom is 0.263 e. The van der Waals surface area contributed by atoms with E-state index in [1.54, 1.807) is 30.5 Å². The van der Waals surface area contributed by atoms with Gasteiger partial charge in [-0.05, 0) is 36.4 Å². The molecule has 0 spiro atoms. The third-order valence-electron chi connectivity index (χ3n) is 2.92. The molecule has 21 heavy (non-hydrogen) atoms. The first-order chi connectivity index (χ1) is 10.0. The second-order valence-electron chi connectivity index (χ2n) is 4.44. The molecule has 0 aliphatic heterocycles. The average Bonchev–Trinajstić information content (AvgIpc) is 2.47. The lowest BCUT2D eigenvalue weighted by molar-refractivity contribution is 0.601. The van der Waals surface area contributed by atoms with Crippen molar-refractivity contribution in [3.05, 3.63) is 54.9 Å². The Kier molecular flexibility index (Phi) is 3.19. The summed E-state index contributed by atoms with van der Waals surface area (Å²) in [7, 11) is -3.69. The van der Waals surface area contributed by atoms with E-state index in [1.165, 1.54) is 18.3 Å². The van der Waals surface area contributed by atoms with Gasteiger partial charge < -0.3 is 5.73 Å². The molecule has 0 atom stereocenters. The molecule has 0 amide bonds. The largest absolute Gasteiger partial charge is 0.384 e. The van der Waals surface area contributed by atoms with Crippen molar-refractivity contribution >= 4 is 32.4 Å². The third kappa shape index (κ3) is 2.77. The number of fused-ring (bicyclic) bond motifs is 1. The Labute approximate surface area is 121 Å². The Morgan fingerprint density at radius 3 is 2.67 bits per heavy atom. The predicted molar refractivity (Wildman–Crippen MR) is 81.2 cm³/mol. The van der Waals surface area contributed by atoms with Gasteiger partial charge in [0.25, 0.3) is 10.0 Å². The van der Waals surface area contributed by atoms with Gasteiger partial charge in [-0.1, -0.05) is 6.07 Å². The van der Waals surface area contributed by atoms with E-state index in [9.17, 15) is 8.42 Å². The summed E-state index contributed by atoms with van der Waals surface area (Å²) in [6, 6.07) is 11.7. The minimum absolute atomic E-state index is 0.0583. The van der Waals surface area contributed by atoms with Crippen LogP contribution in [0.2, 0.25) is 0 Å². The molecule has 0 saturated heterocycles. The quantitative estimate of drug-likeness (QED) is 0.771. The van der Waals surface area contributed by atoms with Gasteiger partial charge in [0.2, 0.25) is 0 Å². The van der Waals surface area contributed by atoms with E-state index in [0.29, 0.717) is 5.69 Å². The lowest BCUT2D eigenvalue weighted by Gasteiger charge is -2.08. The highest BCUT2D eigenvalue weighted by molar-refractivity contribution is 7.92. The van der Waals surface area contributed by atoms with Crippen molar-refractivity contribution in [1.29, 1.82) is 0 Å². The van der Waals surface area contributed by atoms with Crippen LogP contribution in [0.15, 0.2) is 59.8 Å². The zero-order valence-electron chi connectivity index (χ0n) is 10.9. The number of nitrogens with two attached hydrogens (primary N) is 1. The summed E-state index contributed by atoms with van der Waals surface area (Å²) >= 11 is 0. The molecular formula is C14H12N4O2S. The topological polar surface area (TPSA) is 98.0 Å². The number of nitrogens with one attached hydrogen (secondary N) is 1. The SMILES string of the molecule is Nc1ccc(S(=O)(=O)Nc2ccc3ncccc3c2)cn1. The highest BCUT2D eigenvalue weighted by Gasteiger charge is 2.14. The normalized spacial score (nSPS) is 11.4. The molecule has 0 saturated carbocycles. The number of rotatable bonds is 3. The number of hydrogen-bond acceptors (Lipinski definition) is 5. The van der Waals surface area contributed by atoms with Crippen LogP contribution in [0.1, 0.15) is 0 Å². The number of pyridine rings is 2. The van der Waals surface area contributed by atoms with Crippen molar-refractivity contribution in [3.8, 4) is 0 Å². The highest BCUT2D eigenvalue weighted by Crippen LogP contribution is 2.20. The summed E-state index contributed by atoms with van der Waals surface area (Å²) < 4.78 is 27.0. The van der Waals surface area contributed by atoms with Crippen molar-refractivity contribution in [2.45, 2.75) is 4.90 Å². The summed E-state index contributed by atoms with van der Waals surface area (Å²) in [6.45, 7) is 0. The van der Waals surface area contributed by atoms with E-state index >= 15 is 0 Å². The molecule has 2 aromatic heterocycles. The van der Waals surface area contributed by atoms with Crippen LogP contribution in [0, 0.1) is 0 Å². The molecule has 2 heterocycles. The van der Waals surface area contributed by atoms with Crippen LogP contribution in [-0.2, 0) is 10.0 Å². The highest BCUT2D eigenvalue weighted by atomic mass is 32.2. The van der Waals surface area contributed by atoms with Crippen molar-refractivity contribution < 1.29 is 8.42 Å². The molecule has 0 bridgehead atoms. The fourth-order valence-electron chi connectivity index (χ4n) is 1.90. The van der Waals surface area contributed by atoms with Crippen molar-refractivity contribution in [2.24, 2.45) is 0 Å². The number of benzene rings is 1. The van der Waals surface area contributed by atoms with Gasteiger partial charge >= 0.3 is 0 Å². The van der Waals surface area contributed by atoms with E-state index in [-0.39, 0.29) is 10.7 Å². The molecule has 0 unspecified atom stereocenters. The molecule has 3 N–H and O–H groups in total. The Hall–Kier alpha value is -2.67. The maximum absolute atomic E-state index is 12.2. The summed E-state index contributed by atoms with van der Waals surface area (Å²) in [4.78, 5) is 8.03.